The summed E-state index contributed by atoms with van der Waals surface area (Å²) in [6, 6.07) is 3.26. The Morgan fingerprint density at radius 3 is 2.73 bits per heavy atom. The van der Waals surface area contributed by atoms with E-state index in [1.54, 1.807) is 13.8 Å². The van der Waals surface area contributed by atoms with E-state index in [0.717, 1.165) is 6.07 Å². The standard InChI is InChI=1S/C15H17ClFNO4/c1-8-11(15(20)21)5-6-18(8)14(19)9(2)22-13-4-3-10(17)7-12(13)16/h3-4,7-9,11H,5-6H2,1-2H3,(H,20,21). The van der Waals surface area contributed by atoms with E-state index in [2.05, 4.69) is 0 Å². The molecule has 2 rings (SSSR count). The molecule has 1 saturated heterocycles. The third-order valence-corrected chi connectivity index (χ3v) is 4.20. The molecule has 3 unspecified atom stereocenters. The number of ether oxygens (including phenoxy) is 1. The lowest BCUT2D eigenvalue weighted by Gasteiger charge is -2.26. The fourth-order valence-corrected chi connectivity index (χ4v) is 2.84. The zero-order valence-electron chi connectivity index (χ0n) is 12.3. The quantitative estimate of drug-likeness (QED) is 0.922. The zero-order valence-corrected chi connectivity index (χ0v) is 13.0. The molecular weight excluding hydrogens is 313 g/mol. The summed E-state index contributed by atoms with van der Waals surface area (Å²) in [7, 11) is 0. The topological polar surface area (TPSA) is 66.8 Å². The number of halogens is 2. The molecule has 0 radical (unpaired) electrons. The summed E-state index contributed by atoms with van der Waals surface area (Å²) in [5, 5.41) is 9.18. The second-order valence-electron chi connectivity index (χ2n) is 5.34. The monoisotopic (exact) mass is 329 g/mol. The molecular formula is C15H17ClFNO4. The highest BCUT2D eigenvalue weighted by atomic mass is 35.5. The summed E-state index contributed by atoms with van der Waals surface area (Å²) in [6.07, 6.45) is -0.412. The Bertz CT molecular complexity index is 595. The van der Waals surface area contributed by atoms with Crippen LogP contribution in [0.2, 0.25) is 5.02 Å². The molecule has 1 N–H and O–H groups in total. The molecule has 1 heterocycles. The number of carbonyl (C=O) groups is 2. The van der Waals surface area contributed by atoms with Crippen LogP contribution >= 0.6 is 11.6 Å². The lowest BCUT2D eigenvalue weighted by atomic mass is 10.0. The van der Waals surface area contributed by atoms with Gasteiger partial charge in [0.05, 0.1) is 10.9 Å². The molecule has 22 heavy (non-hydrogen) atoms. The lowest BCUT2D eigenvalue weighted by Crippen LogP contribution is -2.44. The van der Waals surface area contributed by atoms with Gasteiger partial charge in [0.25, 0.3) is 5.91 Å². The van der Waals surface area contributed by atoms with Crippen molar-refractivity contribution in [2.24, 2.45) is 5.92 Å². The Kier molecular flexibility index (Phi) is 4.90. The molecule has 120 valence electrons. The number of amides is 1. The Morgan fingerprint density at radius 1 is 1.50 bits per heavy atom. The summed E-state index contributed by atoms with van der Waals surface area (Å²) in [4.78, 5) is 25.0. The third kappa shape index (κ3) is 3.32. The van der Waals surface area contributed by atoms with Gasteiger partial charge in [-0.3, -0.25) is 9.59 Å². The molecule has 1 aliphatic rings. The fraction of sp³-hybridized carbons (Fsp3) is 0.467. The lowest BCUT2D eigenvalue weighted by molar-refractivity contribution is -0.144. The minimum atomic E-state index is -0.905. The SMILES string of the molecule is CC(Oc1ccc(F)cc1Cl)C(=O)N1CCC(C(=O)O)C1C. The van der Waals surface area contributed by atoms with Crippen molar-refractivity contribution in [3.05, 3.63) is 29.0 Å². The van der Waals surface area contributed by atoms with Gasteiger partial charge >= 0.3 is 5.97 Å². The largest absolute Gasteiger partial charge is 0.481 e. The second kappa shape index (κ2) is 6.52. The van der Waals surface area contributed by atoms with E-state index in [4.69, 9.17) is 21.4 Å². The highest BCUT2D eigenvalue weighted by Gasteiger charge is 2.39. The average molecular weight is 330 g/mol. The number of hydrogen-bond acceptors (Lipinski definition) is 3. The third-order valence-electron chi connectivity index (χ3n) is 3.90. The fourth-order valence-electron chi connectivity index (χ4n) is 2.63. The number of carboxylic acid groups (broad SMARTS) is 1. The minimum Gasteiger partial charge on any atom is -0.481 e. The van der Waals surface area contributed by atoms with Crippen molar-refractivity contribution in [1.29, 1.82) is 0 Å². The van der Waals surface area contributed by atoms with Crippen molar-refractivity contribution in [3.8, 4) is 5.75 Å². The maximum absolute atomic E-state index is 13.0. The van der Waals surface area contributed by atoms with Crippen LogP contribution in [0.1, 0.15) is 20.3 Å². The predicted molar refractivity (Wildman–Crippen MR) is 78.4 cm³/mol. The van der Waals surface area contributed by atoms with Crippen LogP contribution in [0.25, 0.3) is 0 Å². The number of nitrogens with zero attached hydrogens (tertiary/aromatic N) is 1. The predicted octanol–water partition coefficient (Wildman–Crippen LogP) is 2.57. The molecule has 0 bridgehead atoms. The van der Waals surface area contributed by atoms with Crippen molar-refractivity contribution >= 4 is 23.5 Å². The molecule has 1 aromatic carbocycles. The van der Waals surface area contributed by atoms with Crippen LogP contribution in [0.4, 0.5) is 4.39 Å². The summed E-state index contributed by atoms with van der Waals surface area (Å²) in [6.45, 7) is 3.64. The molecule has 0 spiro atoms. The highest BCUT2D eigenvalue weighted by molar-refractivity contribution is 6.32. The van der Waals surface area contributed by atoms with Gasteiger partial charge in [0.1, 0.15) is 11.6 Å². The number of aliphatic carboxylic acids is 1. The second-order valence-corrected chi connectivity index (χ2v) is 5.75. The van der Waals surface area contributed by atoms with E-state index in [1.165, 1.54) is 17.0 Å². The normalized spacial score (nSPS) is 22.5. The van der Waals surface area contributed by atoms with Crippen molar-refractivity contribution < 1.29 is 23.8 Å². The van der Waals surface area contributed by atoms with Crippen molar-refractivity contribution in [2.45, 2.75) is 32.4 Å². The maximum Gasteiger partial charge on any atom is 0.308 e. The van der Waals surface area contributed by atoms with Gasteiger partial charge in [0, 0.05) is 12.6 Å². The number of likely N-dealkylation sites (tertiary alicyclic amines) is 1. The van der Waals surface area contributed by atoms with Crippen LogP contribution in [-0.4, -0.2) is 40.6 Å². The van der Waals surface area contributed by atoms with Crippen molar-refractivity contribution in [3.63, 3.8) is 0 Å². The average Bonchev–Trinajstić information content (AvgIpc) is 2.83. The number of rotatable bonds is 4. The van der Waals surface area contributed by atoms with Gasteiger partial charge < -0.3 is 14.7 Å². The van der Waals surface area contributed by atoms with E-state index < -0.39 is 23.8 Å². The first-order chi connectivity index (χ1) is 10.3. The van der Waals surface area contributed by atoms with Gasteiger partial charge in [-0.05, 0) is 38.5 Å². The Hall–Kier alpha value is -1.82. The summed E-state index contributed by atoms with van der Waals surface area (Å²) < 4.78 is 18.5. The first-order valence-corrected chi connectivity index (χ1v) is 7.34. The molecule has 7 heteroatoms. The van der Waals surface area contributed by atoms with Crippen LogP contribution in [0.15, 0.2) is 18.2 Å². The smallest absolute Gasteiger partial charge is 0.308 e. The molecule has 0 saturated carbocycles. The van der Waals surface area contributed by atoms with E-state index in [9.17, 15) is 14.0 Å². The van der Waals surface area contributed by atoms with E-state index >= 15 is 0 Å². The van der Waals surface area contributed by atoms with Gasteiger partial charge in [0.15, 0.2) is 6.10 Å². The van der Waals surface area contributed by atoms with Gasteiger partial charge in [-0.15, -0.1) is 0 Å². The van der Waals surface area contributed by atoms with Gasteiger partial charge in [-0.25, -0.2) is 4.39 Å². The number of hydrogen-bond donors (Lipinski definition) is 1. The summed E-state index contributed by atoms with van der Waals surface area (Å²) in [5.74, 6) is -2.06. The van der Waals surface area contributed by atoms with E-state index in [1.807, 2.05) is 0 Å². The molecule has 1 aliphatic heterocycles. The van der Waals surface area contributed by atoms with Gasteiger partial charge in [0.2, 0.25) is 0 Å². The van der Waals surface area contributed by atoms with E-state index in [-0.39, 0.29) is 22.7 Å². The van der Waals surface area contributed by atoms with Gasteiger partial charge in [-0.2, -0.15) is 0 Å². The molecule has 1 amide bonds. The number of carbonyl (C=O) groups excluding carboxylic acids is 1. The van der Waals surface area contributed by atoms with Crippen molar-refractivity contribution in [1.82, 2.24) is 4.90 Å². The first-order valence-electron chi connectivity index (χ1n) is 6.96. The van der Waals surface area contributed by atoms with Crippen LogP contribution in [0, 0.1) is 11.7 Å². The van der Waals surface area contributed by atoms with E-state index in [0.29, 0.717) is 13.0 Å². The van der Waals surface area contributed by atoms with Crippen LogP contribution in [0.5, 0.6) is 5.75 Å². The molecule has 0 aliphatic carbocycles. The van der Waals surface area contributed by atoms with Gasteiger partial charge in [-0.1, -0.05) is 11.6 Å². The first kappa shape index (κ1) is 16.5. The maximum atomic E-state index is 13.0. The summed E-state index contributed by atoms with van der Waals surface area (Å²) >= 11 is 5.86. The van der Waals surface area contributed by atoms with Crippen LogP contribution in [-0.2, 0) is 9.59 Å². The Morgan fingerprint density at radius 2 is 2.18 bits per heavy atom. The number of benzene rings is 1. The molecule has 1 aromatic rings. The zero-order chi connectivity index (χ0) is 16.4. The van der Waals surface area contributed by atoms with Crippen LogP contribution in [0.3, 0.4) is 0 Å². The highest BCUT2D eigenvalue weighted by Crippen LogP contribution is 2.28. The molecule has 1 fully saturated rings. The summed E-state index contributed by atoms with van der Waals surface area (Å²) in [5.41, 5.74) is 0. The Labute approximate surface area is 132 Å². The Balaban J connectivity index is 2.05. The molecule has 5 nitrogen and oxygen atoms in total. The number of carboxylic acids is 1. The van der Waals surface area contributed by atoms with Crippen LogP contribution < -0.4 is 4.74 Å². The molecule has 3 atom stereocenters. The molecule has 0 aromatic heterocycles. The van der Waals surface area contributed by atoms with Crippen molar-refractivity contribution in [2.75, 3.05) is 6.54 Å². The minimum absolute atomic E-state index is 0.0810.